The van der Waals surface area contributed by atoms with Crippen molar-refractivity contribution in [2.24, 2.45) is 0 Å². The monoisotopic (exact) mass is 446 g/mol. The van der Waals surface area contributed by atoms with E-state index in [0.29, 0.717) is 6.42 Å². The summed E-state index contributed by atoms with van der Waals surface area (Å²) in [7, 11) is 0. The van der Waals surface area contributed by atoms with Gasteiger partial charge in [-0.05, 0) is 19.8 Å². The van der Waals surface area contributed by atoms with Crippen LogP contribution in [0.25, 0.3) is 0 Å². The van der Waals surface area contributed by atoms with Crippen molar-refractivity contribution in [3.63, 3.8) is 0 Å². The van der Waals surface area contributed by atoms with Gasteiger partial charge in [0, 0.05) is 9.84 Å². The fourth-order valence-electron chi connectivity index (χ4n) is 2.67. The van der Waals surface area contributed by atoms with E-state index in [-0.39, 0.29) is 6.61 Å². The van der Waals surface area contributed by atoms with E-state index in [0.717, 1.165) is 19.3 Å². The average Bonchev–Trinajstić information content (AvgIpc) is 2.49. The number of unbranched alkanes of at least 4 members (excludes halogenated alkanes) is 7. The molecular formula is C18H33F2IO2. The van der Waals surface area contributed by atoms with Crippen LogP contribution < -0.4 is 0 Å². The highest BCUT2D eigenvalue weighted by atomic mass is 127. The normalized spacial score (nSPS) is 14.5. The van der Waals surface area contributed by atoms with E-state index in [1.807, 2.05) is 6.92 Å². The number of halogens is 3. The molecule has 23 heavy (non-hydrogen) atoms. The molecule has 0 bridgehead atoms. The van der Waals surface area contributed by atoms with E-state index in [4.69, 9.17) is 0 Å². The predicted molar refractivity (Wildman–Crippen MR) is 100 cm³/mol. The minimum absolute atomic E-state index is 0.00712. The van der Waals surface area contributed by atoms with Gasteiger partial charge in [0.05, 0.1) is 6.61 Å². The molecule has 0 N–H and O–H groups in total. The second kappa shape index (κ2) is 12.4. The highest BCUT2D eigenvalue weighted by Gasteiger charge is 2.46. The lowest BCUT2D eigenvalue weighted by molar-refractivity contribution is -0.173. The summed E-state index contributed by atoms with van der Waals surface area (Å²) in [5, 5.41) is 0. The number of hydrogen-bond acceptors (Lipinski definition) is 2. The van der Waals surface area contributed by atoms with Crippen LogP contribution in [0.3, 0.4) is 0 Å². The lowest BCUT2D eigenvalue weighted by atomic mass is 9.91. The molecule has 0 aliphatic carbocycles. The molecular weight excluding hydrogens is 413 g/mol. The second-order valence-corrected chi connectivity index (χ2v) is 8.62. The molecule has 0 aromatic carbocycles. The minimum Gasteiger partial charge on any atom is -0.462 e. The Balaban J connectivity index is 4.12. The number of ether oxygens (including phenoxy) is 1. The largest absolute Gasteiger partial charge is 0.462 e. The smallest absolute Gasteiger partial charge is 0.377 e. The van der Waals surface area contributed by atoms with E-state index in [1.165, 1.54) is 38.5 Å². The Morgan fingerprint density at radius 3 is 1.96 bits per heavy atom. The van der Waals surface area contributed by atoms with Gasteiger partial charge in [-0.15, -0.1) is 0 Å². The third-order valence-corrected chi connectivity index (χ3v) is 5.91. The Labute approximate surface area is 154 Å². The number of hydrogen-bond donors (Lipinski definition) is 0. The molecule has 5 heteroatoms. The SMILES string of the molecule is CCCCCCCCCCC(I)(CC)CC(F)(F)C(=O)OCC. The Kier molecular flexibility index (Phi) is 12.5. The van der Waals surface area contributed by atoms with Gasteiger partial charge < -0.3 is 4.74 Å². The van der Waals surface area contributed by atoms with Gasteiger partial charge in [0.1, 0.15) is 0 Å². The predicted octanol–water partition coefficient (Wildman–Crippen LogP) is 6.69. The second-order valence-electron chi connectivity index (χ2n) is 6.33. The zero-order valence-corrected chi connectivity index (χ0v) is 17.1. The number of rotatable bonds is 14. The highest BCUT2D eigenvalue weighted by Crippen LogP contribution is 2.40. The first-order chi connectivity index (χ1) is 10.8. The van der Waals surface area contributed by atoms with Crippen molar-refractivity contribution in [1.82, 2.24) is 0 Å². The summed E-state index contributed by atoms with van der Waals surface area (Å²) >= 11 is 2.12. The third-order valence-electron chi connectivity index (χ3n) is 4.22. The van der Waals surface area contributed by atoms with Crippen molar-refractivity contribution in [1.29, 1.82) is 0 Å². The fraction of sp³-hybridized carbons (Fsp3) is 0.944. The Hall–Kier alpha value is 0.0600. The maximum Gasteiger partial charge on any atom is 0.377 e. The van der Waals surface area contributed by atoms with Gasteiger partial charge >= 0.3 is 11.9 Å². The van der Waals surface area contributed by atoms with Gasteiger partial charge in [-0.1, -0.05) is 87.8 Å². The molecule has 0 aromatic rings. The molecule has 2 nitrogen and oxygen atoms in total. The summed E-state index contributed by atoms with van der Waals surface area (Å²) < 4.78 is 31.9. The third kappa shape index (κ3) is 10.5. The van der Waals surface area contributed by atoms with Crippen LogP contribution in [0.15, 0.2) is 0 Å². The first-order valence-corrected chi connectivity index (χ1v) is 10.1. The molecule has 0 aliphatic rings. The molecule has 1 unspecified atom stereocenters. The van der Waals surface area contributed by atoms with Crippen LogP contribution in [0.4, 0.5) is 8.78 Å². The lowest BCUT2D eigenvalue weighted by Gasteiger charge is -2.29. The van der Waals surface area contributed by atoms with Crippen molar-refractivity contribution in [2.45, 2.75) is 101 Å². The van der Waals surface area contributed by atoms with Crippen LogP contribution in [0, 0.1) is 0 Å². The van der Waals surface area contributed by atoms with Crippen LogP contribution in [-0.4, -0.2) is 21.9 Å². The molecule has 138 valence electrons. The van der Waals surface area contributed by atoms with Gasteiger partial charge in [0.25, 0.3) is 0 Å². The van der Waals surface area contributed by atoms with E-state index < -0.39 is 21.7 Å². The first kappa shape index (κ1) is 23.1. The van der Waals surface area contributed by atoms with E-state index in [2.05, 4.69) is 34.3 Å². The Morgan fingerprint density at radius 1 is 0.957 bits per heavy atom. The molecule has 0 heterocycles. The number of carbonyl (C=O) groups excluding carboxylic acids is 1. The summed E-state index contributed by atoms with van der Waals surface area (Å²) in [5.41, 5.74) is 0. The van der Waals surface area contributed by atoms with E-state index >= 15 is 0 Å². The quantitative estimate of drug-likeness (QED) is 0.129. The molecule has 1 atom stereocenters. The molecule has 0 radical (unpaired) electrons. The summed E-state index contributed by atoms with van der Waals surface area (Å²) in [5.74, 6) is -4.77. The molecule has 0 fully saturated rings. The van der Waals surface area contributed by atoms with Crippen molar-refractivity contribution in [3.05, 3.63) is 0 Å². The van der Waals surface area contributed by atoms with Gasteiger partial charge in [-0.2, -0.15) is 8.78 Å². The summed E-state index contributed by atoms with van der Waals surface area (Å²) in [4.78, 5) is 11.4. The molecule has 0 aromatic heterocycles. The molecule has 0 amide bonds. The lowest BCUT2D eigenvalue weighted by Crippen LogP contribution is -2.38. The minimum atomic E-state index is -3.38. The van der Waals surface area contributed by atoms with Gasteiger partial charge in [0.2, 0.25) is 0 Å². The molecule has 0 saturated carbocycles. The molecule has 0 rings (SSSR count). The highest BCUT2D eigenvalue weighted by molar-refractivity contribution is 14.1. The maximum atomic E-state index is 14.0. The van der Waals surface area contributed by atoms with Crippen LogP contribution in [0.1, 0.15) is 91.4 Å². The summed E-state index contributed by atoms with van der Waals surface area (Å²) in [6, 6.07) is 0. The summed E-state index contributed by atoms with van der Waals surface area (Å²) in [6.45, 7) is 5.66. The van der Waals surface area contributed by atoms with Crippen LogP contribution in [0.5, 0.6) is 0 Å². The van der Waals surface area contributed by atoms with Crippen molar-refractivity contribution < 1.29 is 18.3 Å². The first-order valence-electron chi connectivity index (χ1n) is 9.05. The van der Waals surface area contributed by atoms with Gasteiger partial charge in [-0.25, -0.2) is 4.79 Å². The zero-order chi connectivity index (χ0) is 17.8. The van der Waals surface area contributed by atoms with Crippen LogP contribution in [0.2, 0.25) is 0 Å². The summed E-state index contributed by atoms with van der Waals surface area (Å²) in [6.07, 6.45) is 10.5. The van der Waals surface area contributed by atoms with Crippen LogP contribution in [-0.2, 0) is 9.53 Å². The number of esters is 1. The zero-order valence-electron chi connectivity index (χ0n) is 14.9. The molecule has 0 aliphatic heterocycles. The van der Waals surface area contributed by atoms with Gasteiger partial charge in [-0.3, -0.25) is 0 Å². The molecule has 0 spiro atoms. The van der Waals surface area contributed by atoms with E-state index in [1.54, 1.807) is 6.92 Å². The van der Waals surface area contributed by atoms with E-state index in [9.17, 15) is 13.6 Å². The topological polar surface area (TPSA) is 26.3 Å². The molecule has 0 saturated heterocycles. The Morgan fingerprint density at radius 2 is 1.48 bits per heavy atom. The fourth-order valence-corrected chi connectivity index (χ4v) is 3.53. The van der Waals surface area contributed by atoms with Crippen molar-refractivity contribution in [2.75, 3.05) is 6.61 Å². The van der Waals surface area contributed by atoms with Crippen LogP contribution >= 0.6 is 22.6 Å². The Bertz CT molecular complexity index is 324. The van der Waals surface area contributed by atoms with Gasteiger partial charge in [0.15, 0.2) is 0 Å². The number of alkyl halides is 3. The number of carbonyl (C=O) groups is 1. The maximum absolute atomic E-state index is 14.0. The van der Waals surface area contributed by atoms with Crippen molar-refractivity contribution >= 4 is 28.6 Å². The average molecular weight is 446 g/mol. The standard InChI is InChI=1S/C18H33F2IO2/c1-4-7-8-9-10-11-12-13-14-17(21,5-2)15-18(19,20)16(22)23-6-3/h4-15H2,1-3H3. The van der Waals surface area contributed by atoms with Crippen molar-refractivity contribution in [3.8, 4) is 0 Å².